The summed E-state index contributed by atoms with van der Waals surface area (Å²) in [6.07, 6.45) is 1.45. The van der Waals surface area contributed by atoms with E-state index in [1.807, 2.05) is 39.8 Å². The first-order chi connectivity index (χ1) is 16.0. The van der Waals surface area contributed by atoms with Gasteiger partial charge in [0.05, 0.1) is 19.1 Å². The van der Waals surface area contributed by atoms with E-state index in [2.05, 4.69) is 5.32 Å². The molecular weight excluding hydrogens is 454 g/mol. The quantitative estimate of drug-likeness (QED) is 0.523. The normalized spacial score (nSPS) is 12.2. The molecule has 2 aromatic carbocycles. The summed E-state index contributed by atoms with van der Waals surface area (Å²) in [6.45, 7) is 7.16. The molecule has 2 aromatic rings. The van der Waals surface area contributed by atoms with Crippen molar-refractivity contribution in [1.29, 1.82) is 0 Å². The van der Waals surface area contributed by atoms with Crippen LogP contribution in [0.25, 0.3) is 0 Å². The predicted molar refractivity (Wildman–Crippen MR) is 134 cm³/mol. The molecule has 2 amide bonds. The van der Waals surface area contributed by atoms with Crippen LogP contribution in [-0.4, -0.2) is 57.1 Å². The number of carbonyl (C=O) groups excluding carboxylic acids is 2. The lowest BCUT2D eigenvalue weighted by Gasteiger charge is -2.33. The van der Waals surface area contributed by atoms with E-state index in [1.165, 1.54) is 4.90 Å². The summed E-state index contributed by atoms with van der Waals surface area (Å²) >= 11 is 0. The molecule has 1 unspecified atom stereocenters. The minimum atomic E-state index is -3.74. The van der Waals surface area contributed by atoms with E-state index in [1.54, 1.807) is 43.5 Å². The van der Waals surface area contributed by atoms with Crippen LogP contribution in [0.2, 0.25) is 0 Å². The van der Waals surface area contributed by atoms with Gasteiger partial charge in [-0.1, -0.05) is 36.8 Å². The third-order valence-electron chi connectivity index (χ3n) is 5.33. The van der Waals surface area contributed by atoms with Crippen LogP contribution < -0.4 is 14.4 Å². The molecule has 0 bridgehead atoms. The first kappa shape index (κ1) is 27.2. The highest BCUT2D eigenvalue weighted by Crippen LogP contribution is 2.21. The number of hydrogen-bond acceptors (Lipinski definition) is 5. The van der Waals surface area contributed by atoms with E-state index in [0.717, 1.165) is 21.7 Å². The van der Waals surface area contributed by atoms with Gasteiger partial charge in [0.15, 0.2) is 0 Å². The van der Waals surface area contributed by atoms with Crippen molar-refractivity contribution in [2.24, 2.45) is 0 Å². The fourth-order valence-electron chi connectivity index (χ4n) is 3.55. The maximum absolute atomic E-state index is 13.6. The van der Waals surface area contributed by atoms with Crippen molar-refractivity contribution in [3.63, 3.8) is 0 Å². The zero-order chi connectivity index (χ0) is 25.5. The largest absolute Gasteiger partial charge is 0.497 e. The molecule has 0 aromatic heterocycles. The Morgan fingerprint density at radius 3 is 2.09 bits per heavy atom. The van der Waals surface area contributed by atoms with Gasteiger partial charge in [0, 0.05) is 12.6 Å². The van der Waals surface area contributed by atoms with E-state index in [9.17, 15) is 18.0 Å². The van der Waals surface area contributed by atoms with Gasteiger partial charge in [0.2, 0.25) is 21.8 Å². The van der Waals surface area contributed by atoms with Crippen LogP contribution in [0.1, 0.15) is 38.3 Å². The Bertz CT molecular complexity index is 1070. The minimum absolute atomic E-state index is 0.0976. The highest BCUT2D eigenvalue weighted by Gasteiger charge is 2.31. The first-order valence-electron chi connectivity index (χ1n) is 11.2. The van der Waals surface area contributed by atoms with Crippen molar-refractivity contribution in [3.05, 3.63) is 59.7 Å². The molecule has 0 spiro atoms. The second-order valence-electron chi connectivity index (χ2n) is 8.56. The van der Waals surface area contributed by atoms with Crippen LogP contribution in [-0.2, 0) is 26.2 Å². The van der Waals surface area contributed by atoms with E-state index in [-0.39, 0.29) is 18.5 Å². The molecule has 0 fully saturated rings. The number of ether oxygens (including phenoxy) is 1. The van der Waals surface area contributed by atoms with Gasteiger partial charge in [0.25, 0.3) is 0 Å². The van der Waals surface area contributed by atoms with Gasteiger partial charge in [-0.3, -0.25) is 13.9 Å². The van der Waals surface area contributed by atoms with E-state index in [0.29, 0.717) is 17.9 Å². The maximum Gasteiger partial charge on any atom is 0.244 e. The maximum atomic E-state index is 13.6. The third-order valence-corrected chi connectivity index (χ3v) is 6.47. The van der Waals surface area contributed by atoms with Crippen molar-refractivity contribution < 1.29 is 22.7 Å². The van der Waals surface area contributed by atoms with Crippen LogP contribution in [0, 0.1) is 6.92 Å². The average molecular weight is 490 g/mol. The van der Waals surface area contributed by atoms with Crippen molar-refractivity contribution in [3.8, 4) is 5.75 Å². The van der Waals surface area contributed by atoms with E-state index in [4.69, 9.17) is 4.74 Å². The molecule has 8 nitrogen and oxygen atoms in total. The number of nitrogens with zero attached hydrogens (tertiary/aromatic N) is 2. The summed E-state index contributed by atoms with van der Waals surface area (Å²) in [6, 6.07) is 13.3. The molecule has 0 heterocycles. The third kappa shape index (κ3) is 7.48. The molecule has 9 heteroatoms. The van der Waals surface area contributed by atoms with Gasteiger partial charge in [-0.2, -0.15) is 0 Å². The second-order valence-corrected chi connectivity index (χ2v) is 10.5. The molecule has 1 N–H and O–H groups in total. The highest BCUT2D eigenvalue weighted by atomic mass is 32.2. The Balaban J connectivity index is 2.42. The smallest absolute Gasteiger partial charge is 0.244 e. The molecule has 0 aliphatic heterocycles. The lowest BCUT2D eigenvalue weighted by molar-refractivity contribution is -0.140. The van der Waals surface area contributed by atoms with Crippen LogP contribution in [0.4, 0.5) is 5.69 Å². The fourth-order valence-corrected chi connectivity index (χ4v) is 4.40. The molecular formula is C25H35N3O5S. The number of aryl methyl sites for hydroxylation is 1. The van der Waals surface area contributed by atoms with E-state index >= 15 is 0 Å². The number of rotatable bonds is 11. The Kier molecular flexibility index (Phi) is 9.49. The Morgan fingerprint density at radius 1 is 1.03 bits per heavy atom. The molecule has 0 radical (unpaired) electrons. The summed E-state index contributed by atoms with van der Waals surface area (Å²) in [5, 5.41) is 2.87. The lowest BCUT2D eigenvalue weighted by atomic mass is 10.1. The van der Waals surface area contributed by atoms with Gasteiger partial charge >= 0.3 is 0 Å². The standard InChI is InChI=1S/C25H35N3O5S/c1-7-23(25(30)26-18(2)3)27(16-20-10-14-22(33-5)15-11-20)24(29)17-28(34(6,31)32)21-12-8-19(4)9-13-21/h8-15,18,23H,7,16-17H2,1-6H3,(H,26,30). The van der Waals surface area contributed by atoms with Crippen molar-refractivity contribution in [1.82, 2.24) is 10.2 Å². The minimum Gasteiger partial charge on any atom is -0.497 e. The van der Waals surface area contributed by atoms with Crippen molar-refractivity contribution >= 4 is 27.5 Å². The van der Waals surface area contributed by atoms with Crippen LogP contribution in [0.3, 0.4) is 0 Å². The number of hydrogen-bond donors (Lipinski definition) is 1. The number of anilines is 1. The zero-order valence-corrected chi connectivity index (χ0v) is 21.6. The summed E-state index contributed by atoms with van der Waals surface area (Å²) in [5.74, 6) is -0.0676. The SMILES string of the molecule is CCC(C(=O)NC(C)C)N(Cc1ccc(OC)cc1)C(=O)CN(c1ccc(C)cc1)S(C)(=O)=O. The lowest BCUT2D eigenvalue weighted by Crippen LogP contribution is -2.53. The monoisotopic (exact) mass is 489 g/mol. The van der Waals surface area contributed by atoms with Crippen LogP contribution in [0.15, 0.2) is 48.5 Å². The molecule has 34 heavy (non-hydrogen) atoms. The van der Waals surface area contributed by atoms with Crippen molar-refractivity contribution in [2.45, 2.75) is 52.7 Å². The number of nitrogens with one attached hydrogen (secondary N) is 1. The molecule has 0 aliphatic carbocycles. The second kappa shape index (κ2) is 11.9. The molecule has 0 aliphatic rings. The number of amides is 2. The van der Waals surface area contributed by atoms with Crippen LogP contribution in [0.5, 0.6) is 5.75 Å². The van der Waals surface area contributed by atoms with Gasteiger partial charge < -0.3 is 15.0 Å². The number of methoxy groups -OCH3 is 1. The molecule has 0 saturated carbocycles. The summed E-state index contributed by atoms with van der Waals surface area (Å²) < 4.78 is 31.4. The predicted octanol–water partition coefficient (Wildman–Crippen LogP) is 3.10. The number of carbonyl (C=O) groups is 2. The first-order valence-corrected chi connectivity index (χ1v) is 13.1. The molecule has 1 atom stereocenters. The molecule has 2 rings (SSSR count). The Hall–Kier alpha value is -3.07. The zero-order valence-electron chi connectivity index (χ0n) is 20.7. The molecule has 0 saturated heterocycles. The number of sulfonamides is 1. The average Bonchev–Trinajstić information content (AvgIpc) is 2.77. The van der Waals surface area contributed by atoms with Crippen LogP contribution >= 0.6 is 0 Å². The van der Waals surface area contributed by atoms with Gasteiger partial charge in [-0.25, -0.2) is 8.42 Å². The van der Waals surface area contributed by atoms with Gasteiger partial charge in [-0.15, -0.1) is 0 Å². The van der Waals surface area contributed by atoms with Gasteiger partial charge in [0.1, 0.15) is 18.3 Å². The number of benzene rings is 2. The summed E-state index contributed by atoms with van der Waals surface area (Å²) in [7, 11) is -2.18. The Morgan fingerprint density at radius 2 is 1.62 bits per heavy atom. The topological polar surface area (TPSA) is 96.0 Å². The fraction of sp³-hybridized carbons (Fsp3) is 0.440. The summed E-state index contributed by atoms with van der Waals surface area (Å²) in [5.41, 5.74) is 2.16. The Labute approximate surface area is 202 Å². The van der Waals surface area contributed by atoms with E-state index < -0.39 is 28.5 Å². The van der Waals surface area contributed by atoms with Gasteiger partial charge in [-0.05, 0) is 57.0 Å². The highest BCUT2D eigenvalue weighted by molar-refractivity contribution is 7.92. The van der Waals surface area contributed by atoms with Crippen molar-refractivity contribution in [2.75, 3.05) is 24.2 Å². The summed E-state index contributed by atoms with van der Waals surface area (Å²) in [4.78, 5) is 28.0. The molecule has 186 valence electrons.